The number of hydrogen-bond donors (Lipinski definition) is 2. The van der Waals surface area contributed by atoms with E-state index in [0.717, 1.165) is 18.0 Å². The summed E-state index contributed by atoms with van der Waals surface area (Å²) in [5, 5.41) is 12.8. The van der Waals surface area contributed by atoms with E-state index >= 15 is 0 Å². The van der Waals surface area contributed by atoms with Gasteiger partial charge in [-0.3, -0.25) is 19.4 Å². The Morgan fingerprint density at radius 3 is 2.40 bits per heavy atom. The van der Waals surface area contributed by atoms with Crippen molar-refractivity contribution in [1.29, 1.82) is 0 Å². The fourth-order valence-electron chi connectivity index (χ4n) is 3.06. The Morgan fingerprint density at radius 1 is 1.28 bits per heavy atom. The van der Waals surface area contributed by atoms with Crippen LogP contribution in [0.2, 0.25) is 0 Å². The van der Waals surface area contributed by atoms with E-state index in [4.69, 9.17) is 0 Å². The molecule has 0 aromatic heterocycles. The molecule has 2 saturated heterocycles. The van der Waals surface area contributed by atoms with Crippen molar-refractivity contribution < 1.29 is 19.5 Å². The van der Waals surface area contributed by atoms with Gasteiger partial charge in [0, 0.05) is 32.7 Å². The van der Waals surface area contributed by atoms with Crippen LogP contribution >= 0.6 is 0 Å². The topological polar surface area (TPSA) is 96.4 Å². The average Bonchev–Trinajstić information content (AvgIpc) is 2.69. The number of urea groups is 1. The average molecular weight is 355 g/mol. The molecule has 4 amide bonds. The van der Waals surface area contributed by atoms with Gasteiger partial charge in [-0.05, 0) is 27.9 Å². The number of nitrogens with zero attached hydrogens (tertiary/aromatic N) is 4. The number of aliphatic hydroxyl groups excluding tert-OH is 1. The molecule has 0 aromatic rings. The van der Waals surface area contributed by atoms with Crippen LogP contribution in [0.15, 0.2) is 0 Å². The van der Waals surface area contributed by atoms with Crippen molar-refractivity contribution in [3.8, 4) is 0 Å². The summed E-state index contributed by atoms with van der Waals surface area (Å²) >= 11 is 0. The molecule has 1 unspecified atom stereocenters. The number of aliphatic hydroxyl groups is 1. The van der Waals surface area contributed by atoms with E-state index in [1.165, 1.54) is 0 Å². The number of hydrogen-bond acceptors (Lipinski definition) is 6. The monoisotopic (exact) mass is 355 g/mol. The van der Waals surface area contributed by atoms with E-state index in [1.807, 2.05) is 11.9 Å². The van der Waals surface area contributed by atoms with Gasteiger partial charge in [0.25, 0.3) is 5.91 Å². The molecular weight excluding hydrogens is 326 g/mol. The summed E-state index contributed by atoms with van der Waals surface area (Å²) in [7, 11) is 3.77. The van der Waals surface area contributed by atoms with Gasteiger partial charge in [-0.25, -0.2) is 4.79 Å². The van der Waals surface area contributed by atoms with Crippen molar-refractivity contribution >= 4 is 17.8 Å². The third-order valence-electron chi connectivity index (χ3n) is 4.62. The van der Waals surface area contributed by atoms with Crippen LogP contribution < -0.4 is 5.32 Å². The SMILES string of the molecule is CN1CCN(C(=O)CN(C)CC(O)CN2C(=O)NC(C)(C)C2=O)CC1. The summed E-state index contributed by atoms with van der Waals surface area (Å²) in [4.78, 5) is 43.0. The van der Waals surface area contributed by atoms with Crippen molar-refractivity contribution in [2.75, 3.05) is 59.9 Å². The van der Waals surface area contributed by atoms with Gasteiger partial charge < -0.3 is 20.2 Å². The quantitative estimate of drug-likeness (QED) is 0.556. The fraction of sp³-hybridized carbons (Fsp3) is 0.812. The smallest absolute Gasteiger partial charge is 0.325 e. The van der Waals surface area contributed by atoms with Gasteiger partial charge in [0.1, 0.15) is 5.54 Å². The van der Waals surface area contributed by atoms with Crippen LogP contribution in [-0.4, -0.2) is 114 Å². The minimum absolute atomic E-state index is 0.0268. The molecule has 25 heavy (non-hydrogen) atoms. The van der Waals surface area contributed by atoms with Crippen LogP contribution in [0.1, 0.15) is 13.8 Å². The number of imide groups is 1. The second-order valence-corrected chi connectivity index (χ2v) is 7.51. The molecule has 2 aliphatic heterocycles. The fourth-order valence-corrected chi connectivity index (χ4v) is 3.06. The first-order valence-corrected chi connectivity index (χ1v) is 8.57. The van der Waals surface area contributed by atoms with Gasteiger partial charge in [-0.1, -0.05) is 0 Å². The number of carbonyl (C=O) groups is 3. The van der Waals surface area contributed by atoms with Crippen LogP contribution in [0.25, 0.3) is 0 Å². The second kappa shape index (κ2) is 7.67. The molecule has 0 aromatic carbocycles. The Balaban J connectivity index is 1.78. The van der Waals surface area contributed by atoms with E-state index < -0.39 is 17.7 Å². The molecule has 0 spiro atoms. The molecule has 0 bridgehead atoms. The molecule has 2 heterocycles. The predicted octanol–water partition coefficient (Wildman–Crippen LogP) is -1.62. The van der Waals surface area contributed by atoms with E-state index in [9.17, 15) is 19.5 Å². The number of carbonyl (C=O) groups excluding carboxylic acids is 3. The maximum atomic E-state index is 12.3. The highest BCUT2D eigenvalue weighted by atomic mass is 16.3. The molecule has 2 aliphatic rings. The summed E-state index contributed by atoms with van der Waals surface area (Å²) < 4.78 is 0. The zero-order valence-electron chi connectivity index (χ0n) is 15.5. The molecule has 9 heteroatoms. The summed E-state index contributed by atoms with van der Waals surface area (Å²) in [6, 6.07) is -0.495. The largest absolute Gasteiger partial charge is 0.390 e. The van der Waals surface area contributed by atoms with E-state index in [1.54, 1.807) is 25.8 Å². The lowest BCUT2D eigenvalue weighted by Gasteiger charge is -2.33. The molecule has 0 radical (unpaired) electrons. The summed E-state index contributed by atoms with van der Waals surface area (Å²) in [6.07, 6.45) is -0.908. The normalized spacial score (nSPS) is 22.5. The lowest BCUT2D eigenvalue weighted by molar-refractivity contribution is -0.134. The Hall–Kier alpha value is -1.71. The van der Waals surface area contributed by atoms with Crippen LogP contribution in [0.3, 0.4) is 0 Å². The summed E-state index contributed by atoms with van der Waals surface area (Å²) in [6.45, 7) is 6.72. The van der Waals surface area contributed by atoms with E-state index in [2.05, 4.69) is 10.2 Å². The Kier molecular flexibility index (Phi) is 6.02. The van der Waals surface area contributed by atoms with Gasteiger partial charge >= 0.3 is 6.03 Å². The van der Waals surface area contributed by atoms with Gasteiger partial charge in [0.2, 0.25) is 5.91 Å². The third-order valence-corrected chi connectivity index (χ3v) is 4.62. The van der Waals surface area contributed by atoms with Crippen molar-refractivity contribution in [3.63, 3.8) is 0 Å². The molecule has 142 valence electrons. The van der Waals surface area contributed by atoms with Crippen LogP contribution in [0.5, 0.6) is 0 Å². The van der Waals surface area contributed by atoms with E-state index in [-0.39, 0.29) is 31.4 Å². The summed E-state index contributed by atoms with van der Waals surface area (Å²) in [5.74, 6) is -0.327. The van der Waals surface area contributed by atoms with Crippen LogP contribution in [0, 0.1) is 0 Å². The highest BCUT2D eigenvalue weighted by Gasteiger charge is 2.44. The minimum atomic E-state index is -0.944. The number of rotatable bonds is 6. The Morgan fingerprint density at radius 2 is 1.88 bits per heavy atom. The zero-order chi connectivity index (χ0) is 18.8. The van der Waals surface area contributed by atoms with Crippen molar-refractivity contribution in [3.05, 3.63) is 0 Å². The number of likely N-dealkylation sites (N-methyl/N-ethyl adjacent to an activating group) is 2. The van der Waals surface area contributed by atoms with Gasteiger partial charge in [0.15, 0.2) is 0 Å². The van der Waals surface area contributed by atoms with Gasteiger partial charge in [-0.2, -0.15) is 0 Å². The molecule has 9 nitrogen and oxygen atoms in total. The lowest BCUT2D eigenvalue weighted by Crippen LogP contribution is -2.50. The first kappa shape index (κ1) is 19.6. The summed E-state index contributed by atoms with van der Waals surface area (Å²) in [5.41, 5.74) is -0.944. The van der Waals surface area contributed by atoms with Gasteiger partial charge in [-0.15, -0.1) is 0 Å². The van der Waals surface area contributed by atoms with Crippen molar-refractivity contribution in [2.24, 2.45) is 0 Å². The predicted molar refractivity (Wildman–Crippen MR) is 91.9 cm³/mol. The first-order chi connectivity index (χ1) is 11.6. The number of piperazine rings is 1. The van der Waals surface area contributed by atoms with Crippen LogP contribution in [0.4, 0.5) is 4.79 Å². The van der Waals surface area contributed by atoms with Gasteiger partial charge in [0.05, 0.1) is 19.2 Å². The Bertz CT molecular complexity index is 531. The zero-order valence-corrected chi connectivity index (χ0v) is 15.5. The number of amides is 4. The molecule has 2 N–H and O–H groups in total. The number of β-amino-alcohol motifs (C(OH)–C–C–N with tert-alkyl or cyclic N) is 1. The minimum Gasteiger partial charge on any atom is -0.390 e. The third kappa shape index (κ3) is 4.90. The lowest BCUT2D eigenvalue weighted by atomic mass is 10.1. The van der Waals surface area contributed by atoms with Crippen molar-refractivity contribution in [1.82, 2.24) is 24.9 Å². The molecule has 0 aliphatic carbocycles. The molecule has 1 atom stereocenters. The van der Waals surface area contributed by atoms with E-state index in [0.29, 0.717) is 13.1 Å². The Labute approximate surface area is 148 Å². The van der Waals surface area contributed by atoms with Crippen molar-refractivity contribution in [2.45, 2.75) is 25.5 Å². The standard InChI is InChI=1S/C16H29N5O4/c1-16(2)14(24)21(15(25)17-16)10-12(22)9-19(4)11-13(23)20-7-5-18(3)6-8-20/h12,22H,5-11H2,1-4H3,(H,17,25). The molecular formula is C16H29N5O4. The second-order valence-electron chi connectivity index (χ2n) is 7.51. The molecule has 0 saturated carbocycles. The highest BCUT2D eigenvalue weighted by Crippen LogP contribution is 2.16. The maximum absolute atomic E-state index is 12.3. The maximum Gasteiger partial charge on any atom is 0.325 e. The molecule has 2 fully saturated rings. The highest BCUT2D eigenvalue weighted by molar-refractivity contribution is 6.06. The molecule has 2 rings (SSSR count). The number of nitrogens with one attached hydrogen (secondary N) is 1. The van der Waals surface area contributed by atoms with Crippen LogP contribution in [-0.2, 0) is 9.59 Å². The first-order valence-electron chi connectivity index (χ1n) is 8.57.